The van der Waals surface area contributed by atoms with Gasteiger partial charge in [0.1, 0.15) is 11.5 Å². The second kappa shape index (κ2) is 7.93. The van der Waals surface area contributed by atoms with Crippen LogP contribution in [0, 0.1) is 12.7 Å². The lowest BCUT2D eigenvalue weighted by atomic mass is 9.91. The first-order valence-electron chi connectivity index (χ1n) is 9.85. The molecule has 6 nitrogen and oxygen atoms in total. The van der Waals surface area contributed by atoms with Crippen LogP contribution >= 0.6 is 0 Å². The van der Waals surface area contributed by atoms with Gasteiger partial charge in [-0.1, -0.05) is 18.2 Å². The maximum Gasteiger partial charge on any atom is 0.256 e. The molecule has 1 saturated heterocycles. The molecular formula is C22H25FN4O2. The first-order valence-corrected chi connectivity index (χ1v) is 9.85. The van der Waals surface area contributed by atoms with E-state index in [9.17, 15) is 14.3 Å². The number of benzene rings is 1. The highest BCUT2D eigenvalue weighted by Crippen LogP contribution is 2.24. The summed E-state index contributed by atoms with van der Waals surface area (Å²) < 4.78 is 15.1. The molecule has 3 heterocycles. The number of fused-ring (bicyclic) bond motifs is 1. The van der Waals surface area contributed by atoms with Gasteiger partial charge < -0.3 is 19.7 Å². The summed E-state index contributed by atoms with van der Waals surface area (Å²) in [6.45, 7) is 3.61. The molecule has 0 bridgehead atoms. The lowest BCUT2D eigenvalue weighted by Gasteiger charge is -2.38. The highest BCUT2D eigenvalue weighted by molar-refractivity contribution is 5.86. The van der Waals surface area contributed by atoms with Gasteiger partial charge in [-0.25, -0.2) is 9.37 Å². The molecule has 152 valence electrons. The Balaban J connectivity index is 1.38. The highest BCUT2D eigenvalue weighted by atomic mass is 19.1. The Hall–Kier alpha value is -2.77. The summed E-state index contributed by atoms with van der Waals surface area (Å²) in [5.74, 6) is -0.590. The molecule has 3 aromatic rings. The Morgan fingerprint density at radius 1 is 1.24 bits per heavy atom. The van der Waals surface area contributed by atoms with Crippen LogP contribution < -0.4 is 5.32 Å². The van der Waals surface area contributed by atoms with Gasteiger partial charge in [0.05, 0.1) is 5.69 Å². The van der Waals surface area contributed by atoms with Crippen molar-refractivity contribution in [1.29, 1.82) is 0 Å². The predicted molar refractivity (Wildman–Crippen MR) is 108 cm³/mol. The maximum atomic E-state index is 13.1. The van der Waals surface area contributed by atoms with Gasteiger partial charge in [-0.05, 0) is 49.6 Å². The van der Waals surface area contributed by atoms with Crippen molar-refractivity contribution < 1.29 is 14.3 Å². The summed E-state index contributed by atoms with van der Waals surface area (Å²) in [6, 6.07) is 12.0. The zero-order valence-corrected chi connectivity index (χ0v) is 16.4. The van der Waals surface area contributed by atoms with E-state index in [1.165, 1.54) is 12.1 Å². The summed E-state index contributed by atoms with van der Waals surface area (Å²) in [4.78, 5) is 19.1. The van der Waals surface area contributed by atoms with E-state index in [4.69, 9.17) is 0 Å². The zero-order chi connectivity index (χ0) is 20.4. The van der Waals surface area contributed by atoms with Crippen LogP contribution in [0.15, 0.2) is 48.7 Å². The second-order valence-electron chi connectivity index (χ2n) is 7.72. The van der Waals surface area contributed by atoms with Crippen molar-refractivity contribution in [3.05, 3.63) is 71.4 Å². The molecule has 0 unspecified atom stereocenters. The topological polar surface area (TPSA) is 69.9 Å². The molecule has 1 fully saturated rings. The van der Waals surface area contributed by atoms with E-state index >= 15 is 0 Å². The number of likely N-dealkylation sites (tertiary alicyclic amines) is 1. The number of aliphatic hydroxyl groups is 1. The molecular weight excluding hydrogens is 371 g/mol. The molecule has 0 aliphatic carbocycles. The molecule has 1 aliphatic rings. The number of halogens is 1. The number of pyridine rings is 1. The summed E-state index contributed by atoms with van der Waals surface area (Å²) in [7, 11) is 0. The molecule has 4 rings (SSSR count). The molecule has 0 radical (unpaired) electrons. The fraction of sp³-hybridized carbons (Fsp3) is 0.364. The van der Waals surface area contributed by atoms with Crippen molar-refractivity contribution in [2.45, 2.75) is 38.5 Å². The third kappa shape index (κ3) is 4.16. The van der Waals surface area contributed by atoms with Gasteiger partial charge in [0.15, 0.2) is 5.60 Å². The normalized spacial score (nSPS) is 19.8. The van der Waals surface area contributed by atoms with Crippen LogP contribution in [-0.2, 0) is 17.9 Å². The van der Waals surface area contributed by atoms with Crippen molar-refractivity contribution in [2.75, 3.05) is 13.1 Å². The van der Waals surface area contributed by atoms with Gasteiger partial charge in [0.2, 0.25) is 0 Å². The number of nitrogens with zero attached hydrogens (tertiary/aromatic N) is 3. The number of nitrogens with one attached hydrogen (secondary N) is 1. The molecule has 2 N–H and O–H groups in total. The standard InChI is InChI=1S/C22H25FN4O2/c1-16-4-2-5-20-25-19(14-27(16)20)12-24-15-22(29)10-3-11-26(21(22)28)13-17-6-8-18(23)9-7-17/h2,4-9,14,24,29H,3,10-13,15H2,1H3/t22-/m0/s1. The minimum absolute atomic E-state index is 0.165. The van der Waals surface area contributed by atoms with Crippen LogP contribution in [0.2, 0.25) is 0 Å². The van der Waals surface area contributed by atoms with E-state index in [-0.39, 0.29) is 18.3 Å². The number of carbonyl (C=O) groups excluding carboxylic acids is 1. The third-order valence-electron chi connectivity index (χ3n) is 5.46. The summed E-state index contributed by atoms with van der Waals surface area (Å²) in [5, 5.41) is 14.1. The Bertz CT molecular complexity index is 1020. The van der Waals surface area contributed by atoms with Crippen molar-refractivity contribution >= 4 is 11.6 Å². The summed E-state index contributed by atoms with van der Waals surface area (Å²) in [5.41, 5.74) is 2.23. The fourth-order valence-corrected chi connectivity index (χ4v) is 3.87. The number of amides is 1. The van der Waals surface area contributed by atoms with Crippen molar-refractivity contribution in [3.8, 4) is 0 Å². The van der Waals surface area contributed by atoms with Crippen molar-refractivity contribution in [1.82, 2.24) is 19.6 Å². The molecule has 0 spiro atoms. The lowest BCUT2D eigenvalue weighted by molar-refractivity contribution is -0.157. The number of hydrogen-bond donors (Lipinski definition) is 2. The average Bonchev–Trinajstić information content (AvgIpc) is 3.12. The molecule has 1 atom stereocenters. The van der Waals surface area contributed by atoms with Gasteiger partial charge in [-0.2, -0.15) is 0 Å². The van der Waals surface area contributed by atoms with E-state index in [1.807, 2.05) is 35.7 Å². The van der Waals surface area contributed by atoms with Gasteiger partial charge in [-0.3, -0.25) is 4.79 Å². The Morgan fingerprint density at radius 2 is 2.03 bits per heavy atom. The fourth-order valence-electron chi connectivity index (χ4n) is 3.87. The summed E-state index contributed by atoms with van der Waals surface area (Å²) >= 11 is 0. The van der Waals surface area contributed by atoms with E-state index in [2.05, 4.69) is 10.3 Å². The van der Waals surface area contributed by atoms with E-state index in [1.54, 1.807) is 17.0 Å². The zero-order valence-electron chi connectivity index (χ0n) is 16.4. The van der Waals surface area contributed by atoms with Gasteiger partial charge >= 0.3 is 0 Å². The molecule has 1 aromatic carbocycles. The minimum Gasteiger partial charge on any atom is -0.379 e. The van der Waals surface area contributed by atoms with Crippen LogP contribution in [-0.4, -0.2) is 44.0 Å². The third-order valence-corrected chi connectivity index (χ3v) is 5.46. The van der Waals surface area contributed by atoms with E-state index in [0.29, 0.717) is 26.1 Å². The number of carbonyl (C=O) groups is 1. The first-order chi connectivity index (χ1) is 13.9. The molecule has 1 aliphatic heterocycles. The van der Waals surface area contributed by atoms with Gasteiger partial charge in [0, 0.05) is 38.1 Å². The van der Waals surface area contributed by atoms with Crippen LogP contribution in [0.1, 0.15) is 29.8 Å². The summed E-state index contributed by atoms with van der Waals surface area (Å²) in [6.07, 6.45) is 3.10. The van der Waals surface area contributed by atoms with Crippen molar-refractivity contribution in [3.63, 3.8) is 0 Å². The van der Waals surface area contributed by atoms with Crippen molar-refractivity contribution in [2.24, 2.45) is 0 Å². The molecule has 29 heavy (non-hydrogen) atoms. The number of piperidine rings is 1. The van der Waals surface area contributed by atoms with Crippen LogP contribution in [0.25, 0.3) is 5.65 Å². The number of rotatable bonds is 6. The average molecular weight is 396 g/mol. The molecule has 1 amide bonds. The number of hydrogen-bond acceptors (Lipinski definition) is 4. The van der Waals surface area contributed by atoms with Gasteiger partial charge in [-0.15, -0.1) is 0 Å². The minimum atomic E-state index is -1.44. The molecule has 2 aromatic heterocycles. The molecule has 7 heteroatoms. The van der Waals surface area contributed by atoms with Crippen LogP contribution in [0.3, 0.4) is 0 Å². The quantitative estimate of drug-likeness (QED) is 0.672. The monoisotopic (exact) mass is 396 g/mol. The predicted octanol–water partition coefficient (Wildman–Crippen LogP) is 2.43. The highest BCUT2D eigenvalue weighted by Gasteiger charge is 2.41. The lowest BCUT2D eigenvalue weighted by Crippen LogP contribution is -2.57. The first kappa shape index (κ1) is 19.5. The van der Waals surface area contributed by atoms with Crippen LogP contribution in [0.5, 0.6) is 0 Å². The molecule has 0 saturated carbocycles. The Labute approximate surface area is 169 Å². The SMILES string of the molecule is Cc1cccc2nc(CNC[C@@]3(O)CCCN(Cc4ccc(F)cc4)C3=O)cn12. The smallest absolute Gasteiger partial charge is 0.256 e. The van der Waals surface area contributed by atoms with E-state index < -0.39 is 5.60 Å². The number of aryl methyl sites for hydroxylation is 1. The number of imidazole rings is 1. The Morgan fingerprint density at radius 3 is 2.79 bits per heavy atom. The van der Waals surface area contributed by atoms with Crippen LogP contribution in [0.4, 0.5) is 4.39 Å². The maximum absolute atomic E-state index is 13.1. The van der Waals surface area contributed by atoms with E-state index in [0.717, 1.165) is 29.0 Å². The number of aromatic nitrogens is 2. The van der Waals surface area contributed by atoms with Gasteiger partial charge in [0.25, 0.3) is 5.91 Å². The second-order valence-corrected chi connectivity index (χ2v) is 7.72. The Kier molecular flexibility index (Phi) is 5.34. The largest absolute Gasteiger partial charge is 0.379 e.